The van der Waals surface area contributed by atoms with E-state index < -0.39 is 6.43 Å². The average molecular weight is 458 g/mol. The monoisotopic (exact) mass is 457 g/mol. The maximum atomic E-state index is 13.8. The van der Waals surface area contributed by atoms with Crippen LogP contribution in [0.1, 0.15) is 47.7 Å². The number of carbonyl (C=O) groups is 1. The zero-order valence-electron chi connectivity index (χ0n) is 18.5. The Balaban J connectivity index is 1.28. The van der Waals surface area contributed by atoms with Crippen molar-refractivity contribution < 1.29 is 18.0 Å². The topological polar surface area (TPSA) is 54.3 Å². The standard InChI is InChI=1S/C24H26F3N5O/c1-15-22-19(23(26)27)12-20(17-4-5-17)28-24(22)32(29-15)14-21(33)31-10-8-30(9-11-31)13-16-2-6-18(25)7-3-16/h2-3,6-7,12,17,23H,4-5,8-11,13-14H2,1H3. The molecule has 2 aliphatic rings. The molecule has 33 heavy (non-hydrogen) atoms. The number of hydrogen-bond acceptors (Lipinski definition) is 4. The van der Waals surface area contributed by atoms with Crippen LogP contribution in [0.5, 0.6) is 0 Å². The van der Waals surface area contributed by atoms with Gasteiger partial charge in [-0.15, -0.1) is 0 Å². The molecule has 0 unspecified atom stereocenters. The van der Waals surface area contributed by atoms with E-state index in [0.717, 1.165) is 18.4 Å². The van der Waals surface area contributed by atoms with E-state index in [9.17, 15) is 18.0 Å². The molecular weight excluding hydrogens is 431 g/mol. The number of pyridine rings is 1. The molecule has 3 heterocycles. The molecule has 2 fully saturated rings. The predicted molar refractivity (Wildman–Crippen MR) is 117 cm³/mol. The van der Waals surface area contributed by atoms with Crippen molar-refractivity contribution in [1.82, 2.24) is 24.6 Å². The summed E-state index contributed by atoms with van der Waals surface area (Å²) in [7, 11) is 0. The van der Waals surface area contributed by atoms with Gasteiger partial charge in [0.25, 0.3) is 6.43 Å². The summed E-state index contributed by atoms with van der Waals surface area (Å²) in [5.41, 5.74) is 2.48. The number of nitrogens with zero attached hydrogens (tertiary/aromatic N) is 5. The number of rotatable bonds is 6. The molecule has 0 atom stereocenters. The minimum Gasteiger partial charge on any atom is -0.339 e. The molecule has 0 bridgehead atoms. The summed E-state index contributed by atoms with van der Waals surface area (Å²) in [5.74, 6) is -0.131. The summed E-state index contributed by atoms with van der Waals surface area (Å²) < 4.78 is 42.1. The quantitative estimate of drug-likeness (QED) is 0.561. The first-order chi connectivity index (χ1) is 15.9. The Morgan fingerprint density at radius 3 is 2.45 bits per heavy atom. The predicted octanol–water partition coefficient (Wildman–Crippen LogP) is 4.04. The number of hydrogen-bond donors (Lipinski definition) is 0. The average Bonchev–Trinajstić information content (AvgIpc) is 3.60. The van der Waals surface area contributed by atoms with Crippen LogP contribution in [0.15, 0.2) is 30.3 Å². The van der Waals surface area contributed by atoms with E-state index in [-0.39, 0.29) is 29.8 Å². The number of aryl methyl sites for hydroxylation is 1. The zero-order valence-corrected chi connectivity index (χ0v) is 18.5. The summed E-state index contributed by atoms with van der Waals surface area (Å²) in [6.45, 7) is 4.93. The summed E-state index contributed by atoms with van der Waals surface area (Å²) in [4.78, 5) is 21.6. The molecule has 1 amide bonds. The van der Waals surface area contributed by atoms with Gasteiger partial charge in [-0.3, -0.25) is 9.69 Å². The van der Waals surface area contributed by atoms with Crippen molar-refractivity contribution in [1.29, 1.82) is 0 Å². The molecule has 1 saturated carbocycles. The highest BCUT2D eigenvalue weighted by atomic mass is 19.3. The third kappa shape index (κ3) is 4.59. The van der Waals surface area contributed by atoms with Gasteiger partial charge in [0, 0.05) is 49.9 Å². The van der Waals surface area contributed by atoms with E-state index in [2.05, 4.69) is 15.0 Å². The summed E-state index contributed by atoms with van der Waals surface area (Å²) in [5, 5.41) is 4.75. The molecule has 1 aliphatic heterocycles. The van der Waals surface area contributed by atoms with Gasteiger partial charge >= 0.3 is 0 Å². The van der Waals surface area contributed by atoms with Crippen molar-refractivity contribution in [2.24, 2.45) is 0 Å². The van der Waals surface area contributed by atoms with Crippen molar-refractivity contribution in [2.45, 2.75) is 45.2 Å². The summed E-state index contributed by atoms with van der Waals surface area (Å²) in [6.07, 6.45) is -0.709. The van der Waals surface area contributed by atoms with Crippen LogP contribution in [0.3, 0.4) is 0 Å². The highest BCUT2D eigenvalue weighted by Gasteiger charge is 2.30. The first-order valence-corrected chi connectivity index (χ1v) is 11.3. The zero-order chi connectivity index (χ0) is 23.1. The van der Waals surface area contributed by atoms with E-state index in [1.165, 1.54) is 22.9 Å². The molecule has 1 saturated heterocycles. The lowest BCUT2D eigenvalue weighted by molar-refractivity contribution is -0.133. The van der Waals surface area contributed by atoms with Gasteiger partial charge in [-0.05, 0) is 43.5 Å². The van der Waals surface area contributed by atoms with Gasteiger partial charge in [-0.1, -0.05) is 12.1 Å². The first kappa shape index (κ1) is 21.9. The van der Waals surface area contributed by atoms with E-state index in [4.69, 9.17) is 0 Å². The molecule has 0 spiro atoms. The van der Waals surface area contributed by atoms with Gasteiger partial charge < -0.3 is 4.90 Å². The maximum Gasteiger partial charge on any atom is 0.264 e. The molecule has 0 N–H and O–H groups in total. The fraction of sp³-hybridized carbons (Fsp3) is 0.458. The van der Waals surface area contributed by atoms with Gasteiger partial charge in [-0.2, -0.15) is 5.10 Å². The first-order valence-electron chi connectivity index (χ1n) is 11.3. The third-order valence-electron chi connectivity index (χ3n) is 6.49. The van der Waals surface area contributed by atoms with Crippen LogP contribution in [0.4, 0.5) is 13.2 Å². The number of aromatic nitrogens is 3. The van der Waals surface area contributed by atoms with E-state index in [1.807, 2.05) is 0 Å². The second kappa shape index (κ2) is 8.78. The molecule has 6 nitrogen and oxygen atoms in total. The second-order valence-electron chi connectivity index (χ2n) is 8.94. The van der Waals surface area contributed by atoms with Crippen LogP contribution < -0.4 is 0 Å². The molecular formula is C24H26F3N5O. The molecule has 2 aromatic heterocycles. The fourth-order valence-corrected chi connectivity index (χ4v) is 4.51. The number of piperazine rings is 1. The smallest absolute Gasteiger partial charge is 0.264 e. The molecule has 1 aromatic carbocycles. The maximum absolute atomic E-state index is 13.8. The van der Waals surface area contributed by atoms with Gasteiger partial charge in [0.15, 0.2) is 5.65 Å². The van der Waals surface area contributed by atoms with Gasteiger partial charge in [0.1, 0.15) is 12.4 Å². The van der Waals surface area contributed by atoms with Crippen molar-refractivity contribution in [3.8, 4) is 0 Å². The lowest BCUT2D eigenvalue weighted by atomic mass is 10.1. The number of benzene rings is 1. The number of carbonyl (C=O) groups excluding carboxylic acids is 1. The highest BCUT2D eigenvalue weighted by molar-refractivity contribution is 5.85. The molecule has 3 aromatic rings. The van der Waals surface area contributed by atoms with Crippen molar-refractivity contribution in [3.63, 3.8) is 0 Å². The van der Waals surface area contributed by atoms with Gasteiger partial charge in [0.2, 0.25) is 5.91 Å². The Morgan fingerprint density at radius 1 is 1.12 bits per heavy atom. The van der Waals surface area contributed by atoms with E-state index >= 15 is 0 Å². The van der Waals surface area contributed by atoms with Crippen LogP contribution in [0, 0.1) is 12.7 Å². The Morgan fingerprint density at radius 2 is 1.82 bits per heavy atom. The SMILES string of the molecule is Cc1nn(CC(=O)N2CCN(Cc3ccc(F)cc3)CC2)c2nc(C3CC3)cc(C(F)F)c12. The number of amides is 1. The Labute approximate surface area is 190 Å². The lowest BCUT2D eigenvalue weighted by Gasteiger charge is -2.34. The van der Waals surface area contributed by atoms with E-state index in [1.54, 1.807) is 24.0 Å². The molecule has 9 heteroatoms. The Bertz CT molecular complexity index is 1170. The lowest BCUT2D eigenvalue weighted by Crippen LogP contribution is -2.49. The number of alkyl halides is 2. The van der Waals surface area contributed by atoms with Crippen molar-refractivity contribution >= 4 is 16.9 Å². The summed E-state index contributed by atoms with van der Waals surface area (Å²) >= 11 is 0. The molecule has 1 aliphatic carbocycles. The third-order valence-corrected chi connectivity index (χ3v) is 6.49. The minimum atomic E-state index is -2.62. The summed E-state index contributed by atoms with van der Waals surface area (Å²) in [6, 6.07) is 7.95. The van der Waals surface area contributed by atoms with Gasteiger partial charge in [0.05, 0.1) is 11.1 Å². The Kier molecular flexibility index (Phi) is 5.82. The van der Waals surface area contributed by atoms with Crippen molar-refractivity contribution in [3.05, 3.63) is 58.7 Å². The number of halogens is 3. The number of fused-ring (bicyclic) bond motifs is 1. The Hall–Kier alpha value is -2.94. The van der Waals surface area contributed by atoms with Gasteiger partial charge in [-0.25, -0.2) is 22.8 Å². The molecule has 0 radical (unpaired) electrons. The highest BCUT2D eigenvalue weighted by Crippen LogP contribution is 2.41. The largest absolute Gasteiger partial charge is 0.339 e. The van der Waals surface area contributed by atoms with Crippen LogP contribution in [0.25, 0.3) is 11.0 Å². The fourth-order valence-electron chi connectivity index (χ4n) is 4.51. The van der Waals surface area contributed by atoms with Crippen LogP contribution in [-0.2, 0) is 17.9 Å². The van der Waals surface area contributed by atoms with E-state index in [0.29, 0.717) is 55.1 Å². The van der Waals surface area contributed by atoms with Crippen molar-refractivity contribution in [2.75, 3.05) is 26.2 Å². The molecule has 174 valence electrons. The van der Waals surface area contributed by atoms with Crippen LogP contribution in [0.2, 0.25) is 0 Å². The second-order valence-corrected chi connectivity index (χ2v) is 8.94. The molecule has 5 rings (SSSR count). The normalized spacial score (nSPS) is 17.3. The van der Waals surface area contributed by atoms with Crippen LogP contribution in [-0.4, -0.2) is 56.7 Å². The van der Waals surface area contributed by atoms with Crippen LogP contribution >= 0.6 is 0 Å². The minimum absolute atomic E-state index is 0.0217.